The average molecular weight is 199 g/mol. The van der Waals surface area contributed by atoms with Gasteiger partial charge in [0.15, 0.2) is 0 Å². The van der Waals surface area contributed by atoms with Crippen molar-refractivity contribution >= 4 is 5.97 Å². The Morgan fingerprint density at radius 2 is 2.08 bits per heavy atom. The zero-order valence-electron chi connectivity index (χ0n) is 7.44. The van der Waals surface area contributed by atoms with Gasteiger partial charge in [0.1, 0.15) is 6.04 Å². The van der Waals surface area contributed by atoms with E-state index in [4.69, 9.17) is 0 Å². The second-order valence-electron chi connectivity index (χ2n) is 2.56. The van der Waals surface area contributed by atoms with Crippen LogP contribution in [0.25, 0.3) is 0 Å². The van der Waals surface area contributed by atoms with Crippen LogP contribution in [0.1, 0.15) is 13.3 Å². The number of halogens is 3. The maximum absolute atomic E-state index is 11.6. The SMILES string of the molecule is COC(=O)C(C)NCCC(F)(F)F. The number of esters is 1. The molecule has 0 aromatic heterocycles. The fourth-order valence-electron chi connectivity index (χ4n) is 0.691. The molecule has 0 heterocycles. The number of nitrogens with one attached hydrogen (secondary N) is 1. The van der Waals surface area contributed by atoms with Crippen molar-refractivity contribution in [2.24, 2.45) is 0 Å². The van der Waals surface area contributed by atoms with E-state index in [9.17, 15) is 18.0 Å². The molecule has 0 aliphatic carbocycles. The number of carbonyl (C=O) groups is 1. The van der Waals surface area contributed by atoms with Crippen molar-refractivity contribution in [3.05, 3.63) is 0 Å². The van der Waals surface area contributed by atoms with Crippen LogP contribution in [-0.4, -0.2) is 31.8 Å². The fourth-order valence-corrected chi connectivity index (χ4v) is 0.691. The van der Waals surface area contributed by atoms with Crippen LogP contribution < -0.4 is 5.32 Å². The topological polar surface area (TPSA) is 38.3 Å². The quantitative estimate of drug-likeness (QED) is 0.689. The van der Waals surface area contributed by atoms with Crippen molar-refractivity contribution in [2.45, 2.75) is 25.6 Å². The highest BCUT2D eigenvalue weighted by Crippen LogP contribution is 2.18. The van der Waals surface area contributed by atoms with Gasteiger partial charge in [-0.1, -0.05) is 0 Å². The van der Waals surface area contributed by atoms with Crippen molar-refractivity contribution in [2.75, 3.05) is 13.7 Å². The Bertz CT molecular complexity index is 170. The molecule has 13 heavy (non-hydrogen) atoms. The molecule has 0 rings (SSSR count). The summed E-state index contributed by atoms with van der Waals surface area (Å²) in [7, 11) is 1.18. The van der Waals surface area contributed by atoms with Gasteiger partial charge in [0.05, 0.1) is 13.5 Å². The lowest BCUT2D eigenvalue weighted by Crippen LogP contribution is -2.36. The molecular weight excluding hydrogens is 187 g/mol. The molecule has 1 atom stereocenters. The lowest BCUT2D eigenvalue weighted by molar-refractivity contribution is -0.144. The van der Waals surface area contributed by atoms with Crippen molar-refractivity contribution < 1.29 is 22.7 Å². The lowest BCUT2D eigenvalue weighted by atomic mass is 10.3. The number of ether oxygens (including phenoxy) is 1. The van der Waals surface area contributed by atoms with Gasteiger partial charge >= 0.3 is 12.1 Å². The average Bonchev–Trinajstić information content (AvgIpc) is 2.00. The van der Waals surface area contributed by atoms with Gasteiger partial charge in [-0.05, 0) is 6.92 Å². The third kappa shape index (κ3) is 6.39. The second-order valence-corrected chi connectivity index (χ2v) is 2.56. The summed E-state index contributed by atoms with van der Waals surface area (Å²) in [6, 6.07) is -0.702. The van der Waals surface area contributed by atoms with Crippen LogP contribution in [0.3, 0.4) is 0 Å². The van der Waals surface area contributed by atoms with Gasteiger partial charge in [-0.3, -0.25) is 4.79 Å². The molecule has 6 heteroatoms. The molecule has 0 radical (unpaired) electrons. The zero-order valence-corrected chi connectivity index (χ0v) is 7.44. The highest BCUT2D eigenvalue weighted by molar-refractivity contribution is 5.74. The Hall–Kier alpha value is -0.780. The minimum absolute atomic E-state index is 0.278. The predicted octanol–water partition coefficient (Wildman–Crippen LogP) is 1.09. The fraction of sp³-hybridized carbons (Fsp3) is 0.857. The maximum atomic E-state index is 11.6. The Kier molecular flexibility index (Phi) is 4.76. The van der Waals surface area contributed by atoms with Crippen LogP contribution in [0.5, 0.6) is 0 Å². The molecule has 0 aromatic rings. The Morgan fingerprint density at radius 1 is 1.54 bits per heavy atom. The summed E-state index contributed by atoms with van der Waals surface area (Å²) in [5.41, 5.74) is 0. The first-order chi connectivity index (χ1) is 5.87. The molecule has 0 aliphatic heterocycles. The summed E-state index contributed by atoms with van der Waals surface area (Å²) in [6.07, 6.45) is -5.14. The van der Waals surface area contributed by atoms with Crippen LogP contribution in [0, 0.1) is 0 Å². The second kappa shape index (κ2) is 5.06. The van der Waals surface area contributed by atoms with E-state index in [0.717, 1.165) is 0 Å². The molecule has 0 saturated carbocycles. The first-order valence-corrected chi connectivity index (χ1v) is 3.75. The van der Waals surface area contributed by atoms with Crippen molar-refractivity contribution in [3.63, 3.8) is 0 Å². The van der Waals surface area contributed by atoms with E-state index >= 15 is 0 Å². The van der Waals surface area contributed by atoms with E-state index in [2.05, 4.69) is 10.1 Å². The van der Waals surface area contributed by atoms with Crippen LogP contribution in [0.2, 0.25) is 0 Å². The number of carbonyl (C=O) groups excluding carboxylic acids is 1. The van der Waals surface area contributed by atoms with Gasteiger partial charge in [-0.2, -0.15) is 13.2 Å². The van der Waals surface area contributed by atoms with E-state index < -0.39 is 24.6 Å². The van der Waals surface area contributed by atoms with Crippen molar-refractivity contribution in [1.29, 1.82) is 0 Å². The van der Waals surface area contributed by atoms with Crippen molar-refractivity contribution in [3.8, 4) is 0 Å². The van der Waals surface area contributed by atoms with Gasteiger partial charge in [0.2, 0.25) is 0 Å². The Balaban J connectivity index is 3.59. The van der Waals surface area contributed by atoms with Crippen LogP contribution in [0.4, 0.5) is 13.2 Å². The first kappa shape index (κ1) is 12.2. The van der Waals surface area contributed by atoms with Crippen LogP contribution >= 0.6 is 0 Å². The Morgan fingerprint density at radius 3 is 2.46 bits per heavy atom. The molecular formula is C7H12F3NO2. The smallest absolute Gasteiger partial charge is 0.390 e. The van der Waals surface area contributed by atoms with E-state index in [0.29, 0.717) is 0 Å². The summed E-state index contributed by atoms with van der Waals surface area (Å²) in [4.78, 5) is 10.7. The molecule has 0 bridgehead atoms. The van der Waals surface area contributed by atoms with E-state index in [1.807, 2.05) is 0 Å². The zero-order chi connectivity index (χ0) is 10.5. The number of methoxy groups -OCH3 is 1. The number of alkyl halides is 3. The molecule has 78 valence electrons. The van der Waals surface area contributed by atoms with Crippen LogP contribution in [0.15, 0.2) is 0 Å². The molecule has 3 nitrogen and oxygen atoms in total. The molecule has 1 unspecified atom stereocenters. The molecule has 1 N–H and O–H groups in total. The first-order valence-electron chi connectivity index (χ1n) is 3.75. The van der Waals surface area contributed by atoms with Gasteiger partial charge in [0, 0.05) is 6.54 Å². The molecule has 0 amide bonds. The Labute approximate surface area is 74.3 Å². The maximum Gasteiger partial charge on any atom is 0.390 e. The molecule has 0 spiro atoms. The lowest BCUT2D eigenvalue weighted by Gasteiger charge is -2.12. The number of hydrogen-bond acceptors (Lipinski definition) is 3. The van der Waals surface area contributed by atoms with Crippen molar-refractivity contribution in [1.82, 2.24) is 5.32 Å². The van der Waals surface area contributed by atoms with Gasteiger partial charge < -0.3 is 10.1 Å². The standard InChI is InChI=1S/C7H12F3NO2/c1-5(6(12)13-2)11-4-3-7(8,9)10/h5,11H,3-4H2,1-2H3. The third-order valence-electron chi connectivity index (χ3n) is 1.41. The highest BCUT2D eigenvalue weighted by Gasteiger charge is 2.26. The third-order valence-corrected chi connectivity index (χ3v) is 1.41. The normalized spacial score (nSPS) is 13.9. The summed E-state index contributed by atoms with van der Waals surface area (Å²) in [5, 5.41) is 2.40. The highest BCUT2D eigenvalue weighted by atomic mass is 19.4. The largest absolute Gasteiger partial charge is 0.468 e. The van der Waals surface area contributed by atoms with Gasteiger partial charge in [-0.15, -0.1) is 0 Å². The summed E-state index contributed by atoms with van der Waals surface area (Å²) in [6.45, 7) is 1.17. The monoisotopic (exact) mass is 199 g/mol. The summed E-state index contributed by atoms with van der Waals surface area (Å²) < 4.78 is 39.2. The minimum atomic E-state index is -4.19. The summed E-state index contributed by atoms with van der Waals surface area (Å²) in [5.74, 6) is -0.567. The van der Waals surface area contributed by atoms with E-state index in [1.54, 1.807) is 0 Å². The van der Waals surface area contributed by atoms with Gasteiger partial charge in [-0.25, -0.2) is 0 Å². The van der Waals surface area contributed by atoms with Crippen LogP contribution in [-0.2, 0) is 9.53 Å². The minimum Gasteiger partial charge on any atom is -0.468 e. The van der Waals surface area contributed by atoms with E-state index in [-0.39, 0.29) is 6.54 Å². The molecule has 0 aliphatic rings. The van der Waals surface area contributed by atoms with Gasteiger partial charge in [0.25, 0.3) is 0 Å². The number of rotatable bonds is 4. The predicted molar refractivity (Wildman–Crippen MR) is 40.2 cm³/mol. The molecule has 0 aromatic carbocycles. The molecule has 0 fully saturated rings. The summed E-state index contributed by atoms with van der Waals surface area (Å²) >= 11 is 0. The van der Waals surface area contributed by atoms with E-state index in [1.165, 1.54) is 14.0 Å². The molecule has 0 saturated heterocycles. The number of hydrogen-bond donors (Lipinski definition) is 1.